The van der Waals surface area contributed by atoms with Crippen LogP contribution in [0.5, 0.6) is 0 Å². The van der Waals surface area contributed by atoms with Gasteiger partial charge in [0.1, 0.15) is 18.5 Å². The molecule has 0 radical (unpaired) electrons. The molecular weight excluding hydrogens is 537 g/mol. The number of amides is 2. The third kappa shape index (κ3) is 5.10. The Labute approximate surface area is 232 Å². The van der Waals surface area contributed by atoms with Crippen LogP contribution in [0.4, 0.5) is 15.1 Å². The first kappa shape index (κ1) is 25.5. The first-order valence-electron chi connectivity index (χ1n) is 12.6. The van der Waals surface area contributed by atoms with E-state index in [0.29, 0.717) is 33.0 Å². The molecule has 1 aliphatic rings. The molecule has 2 N–H and O–H groups in total. The van der Waals surface area contributed by atoms with Crippen molar-refractivity contribution >= 4 is 46.1 Å². The van der Waals surface area contributed by atoms with Crippen molar-refractivity contribution in [2.75, 3.05) is 25.0 Å². The largest absolute Gasteiger partial charge is 0.445 e. The van der Waals surface area contributed by atoms with Crippen LogP contribution < -0.4 is 10.6 Å². The van der Waals surface area contributed by atoms with Crippen molar-refractivity contribution in [2.45, 2.75) is 12.6 Å². The number of nitrogens with one attached hydrogen (secondary N) is 2. The van der Waals surface area contributed by atoms with Crippen molar-refractivity contribution < 1.29 is 18.7 Å². The Morgan fingerprint density at radius 3 is 2.67 bits per heavy atom. The molecule has 3 aromatic carbocycles. The highest BCUT2D eigenvalue weighted by molar-refractivity contribution is 6.35. The highest BCUT2D eigenvalue weighted by Gasteiger charge is 2.30. The maximum Gasteiger partial charge on any atom is 0.410 e. The van der Waals surface area contributed by atoms with Crippen LogP contribution in [-0.4, -0.2) is 62.2 Å². The number of benzene rings is 3. The van der Waals surface area contributed by atoms with Gasteiger partial charge < -0.3 is 20.3 Å². The molecule has 0 spiro atoms. The van der Waals surface area contributed by atoms with Crippen molar-refractivity contribution in [3.05, 3.63) is 89.2 Å². The van der Waals surface area contributed by atoms with Crippen LogP contribution in [0.15, 0.2) is 72.8 Å². The fourth-order valence-corrected chi connectivity index (χ4v) is 4.70. The van der Waals surface area contributed by atoms with E-state index >= 15 is 0 Å². The SMILES string of the molecule is O=C1NCCN(C(=O)OCc2ccccc2)C[C@@H]1Nc1nc2c(Cl)cccc2c2nc(-c3ccc(F)cc3)nn12. The Morgan fingerprint density at radius 2 is 1.88 bits per heavy atom. The van der Waals surface area contributed by atoms with Crippen LogP contribution >= 0.6 is 11.6 Å². The molecule has 3 heterocycles. The maximum absolute atomic E-state index is 13.5. The normalized spacial score (nSPS) is 15.6. The van der Waals surface area contributed by atoms with Crippen LogP contribution in [0, 0.1) is 5.82 Å². The van der Waals surface area contributed by atoms with Crippen molar-refractivity contribution in [2.24, 2.45) is 0 Å². The number of rotatable bonds is 5. The molecule has 2 amide bonds. The average Bonchev–Trinajstić information content (AvgIpc) is 3.34. The lowest BCUT2D eigenvalue weighted by atomic mass is 10.2. The summed E-state index contributed by atoms with van der Waals surface area (Å²) >= 11 is 6.48. The van der Waals surface area contributed by atoms with Crippen molar-refractivity contribution in [1.29, 1.82) is 0 Å². The summed E-state index contributed by atoms with van der Waals surface area (Å²) in [4.78, 5) is 36.7. The summed E-state index contributed by atoms with van der Waals surface area (Å²) in [5.41, 5.74) is 2.37. The van der Waals surface area contributed by atoms with Gasteiger partial charge in [0, 0.05) is 24.0 Å². The fourth-order valence-electron chi connectivity index (χ4n) is 4.49. The van der Waals surface area contributed by atoms with E-state index < -0.39 is 12.1 Å². The van der Waals surface area contributed by atoms with E-state index in [4.69, 9.17) is 16.3 Å². The van der Waals surface area contributed by atoms with E-state index in [0.717, 1.165) is 5.56 Å². The number of ether oxygens (including phenoxy) is 1. The fraction of sp³-hybridized carbons (Fsp3) is 0.179. The van der Waals surface area contributed by atoms with Gasteiger partial charge in [-0.15, -0.1) is 5.10 Å². The van der Waals surface area contributed by atoms with Gasteiger partial charge in [-0.1, -0.05) is 48.0 Å². The topological polar surface area (TPSA) is 114 Å². The monoisotopic (exact) mass is 559 g/mol. The van der Waals surface area contributed by atoms with Gasteiger partial charge in [-0.3, -0.25) is 4.79 Å². The van der Waals surface area contributed by atoms with E-state index in [9.17, 15) is 14.0 Å². The Balaban J connectivity index is 1.32. The first-order chi connectivity index (χ1) is 19.5. The third-order valence-corrected chi connectivity index (χ3v) is 6.83. The number of nitrogens with zero attached hydrogens (tertiary/aromatic N) is 5. The molecule has 0 bridgehead atoms. The summed E-state index contributed by atoms with van der Waals surface area (Å²) < 4.78 is 20.5. The van der Waals surface area contributed by atoms with E-state index in [1.165, 1.54) is 21.5 Å². The lowest BCUT2D eigenvalue weighted by Crippen LogP contribution is -2.44. The Morgan fingerprint density at radius 1 is 1.07 bits per heavy atom. The number of halogens is 2. The quantitative estimate of drug-likeness (QED) is 0.330. The number of para-hydroxylation sites is 1. The van der Waals surface area contributed by atoms with E-state index in [1.54, 1.807) is 24.3 Å². The van der Waals surface area contributed by atoms with E-state index in [1.807, 2.05) is 36.4 Å². The molecule has 40 heavy (non-hydrogen) atoms. The smallest absolute Gasteiger partial charge is 0.410 e. The summed E-state index contributed by atoms with van der Waals surface area (Å²) in [6, 6.07) is 19.6. The number of carbonyl (C=O) groups excluding carboxylic acids is 2. The van der Waals surface area contributed by atoms with Gasteiger partial charge in [0.2, 0.25) is 11.9 Å². The second kappa shape index (κ2) is 10.8. The van der Waals surface area contributed by atoms with Crippen LogP contribution in [0.3, 0.4) is 0 Å². The zero-order valence-electron chi connectivity index (χ0n) is 21.1. The van der Waals surface area contributed by atoms with Gasteiger partial charge in [0.25, 0.3) is 0 Å². The second-order valence-electron chi connectivity index (χ2n) is 9.22. The summed E-state index contributed by atoms with van der Waals surface area (Å²) in [7, 11) is 0. The molecule has 1 saturated heterocycles. The zero-order valence-corrected chi connectivity index (χ0v) is 21.8. The number of carbonyl (C=O) groups is 2. The minimum Gasteiger partial charge on any atom is -0.445 e. The first-order valence-corrected chi connectivity index (χ1v) is 12.9. The van der Waals surface area contributed by atoms with Gasteiger partial charge in [-0.25, -0.2) is 19.2 Å². The standard InChI is InChI=1S/C28H23ClFN7O3/c29-21-8-4-7-20-23(21)33-27(37-25(20)34-24(35-37)18-9-11-19(30)12-10-18)32-22-15-36(14-13-31-26(22)38)28(39)40-16-17-5-2-1-3-6-17/h1-12,22H,13-16H2,(H,31,38)(H,32,33)/t22-/m0/s1. The molecule has 0 unspecified atom stereocenters. The molecule has 10 nitrogen and oxygen atoms in total. The molecule has 0 aliphatic carbocycles. The van der Waals surface area contributed by atoms with Crippen molar-refractivity contribution in [3.63, 3.8) is 0 Å². The molecule has 1 fully saturated rings. The Bertz CT molecular complexity index is 1710. The van der Waals surface area contributed by atoms with Crippen molar-refractivity contribution in [3.8, 4) is 11.4 Å². The second-order valence-corrected chi connectivity index (χ2v) is 9.63. The Hall–Kier alpha value is -4.77. The zero-order chi connectivity index (χ0) is 27.6. The summed E-state index contributed by atoms with van der Waals surface area (Å²) in [6.07, 6.45) is -0.536. The van der Waals surface area contributed by atoms with Crippen molar-refractivity contribution in [1.82, 2.24) is 29.8 Å². The predicted octanol–water partition coefficient (Wildman–Crippen LogP) is 4.29. The van der Waals surface area contributed by atoms with E-state index in [-0.39, 0.29) is 43.9 Å². The number of aromatic nitrogens is 4. The van der Waals surface area contributed by atoms with Crippen LogP contribution in [0.1, 0.15) is 5.56 Å². The van der Waals surface area contributed by atoms with E-state index in [2.05, 4.69) is 25.7 Å². The van der Waals surface area contributed by atoms with Gasteiger partial charge in [0.05, 0.1) is 17.1 Å². The third-order valence-electron chi connectivity index (χ3n) is 6.52. The van der Waals surface area contributed by atoms with Crippen LogP contribution in [-0.2, 0) is 16.1 Å². The maximum atomic E-state index is 13.5. The molecule has 12 heteroatoms. The number of fused-ring (bicyclic) bond motifs is 3. The number of anilines is 1. The lowest BCUT2D eigenvalue weighted by molar-refractivity contribution is -0.121. The summed E-state index contributed by atoms with van der Waals surface area (Å²) in [5, 5.41) is 11.6. The lowest BCUT2D eigenvalue weighted by Gasteiger charge is -2.23. The molecule has 202 valence electrons. The highest BCUT2D eigenvalue weighted by atomic mass is 35.5. The number of hydrogen-bond donors (Lipinski definition) is 2. The van der Waals surface area contributed by atoms with Gasteiger partial charge in [-0.05, 0) is 42.0 Å². The molecular formula is C28H23ClFN7O3. The molecule has 1 aliphatic heterocycles. The number of hydrogen-bond acceptors (Lipinski definition) is 7. The van der Waals surface area contributed by atoms with Crippen LogP contribution in [0.2, 0.25) is 5.02 Å². The van der Waals surface area contributed by atoms with Gasteiger partial charge in [0.15, 0.2) is 11.5 Å². The molecule has 2 aromatic heterocycles. The minimum atomic E-state index is -0.874. The minimum absolute atomic E-state index is 0.0305. The molecule has 5 aromatic rings. The molecule has 6 rings (SSSR count). The predicted molar refractivity (Wildman–Crippen MR) is 147 cm³/mol. The molecule has 0 saturated carbocycles. The summed E-state index contributed by atoms with van der Waals surface area (Å²) in [6.45, 7) is 0.693. The van der Waals surface area contributed by atoms with Crippen LogP contribution in [0.25, 0.3) is 27.9 Å². The average molecular weight is 560 g/mol. The molecule has 1 atom stereocenters. The summed E-state index contributed by atoms with van der Waals surface area (Å²) in [5.74, 6) is -0.142. The Kier molecular flexibility index (Phi) is 6.87. The van der Waals surface area contributed by atoms with Gasteiger partial charge >= 0.3 is 6.09 Å². The van der Waals surface area contributed by atoms with Gasteiger partial charge in [-0.2, -0.15) is 4.52 Å². The highest BCUT2D eigenvalue weighted by Crippen LogP contribution is 2.29.